The van der Waals surface area contributed by atoms with Crippen molar-refractivity contribution in [2.24, 2.45) is 5.92 Å². The number of aromatic amines is 4. The molecule has 4 aliphatic rings. The molecule has 1 saturated carbocycles. The number of nitrogens with zero attached hydrogens (tertiary/aromatic N) is 4. The van der Waals surface area contributed by atoms with Gasteiger partial charge in [-0.1, -0.05) is 0 Å². The standard InChI is InChI=1S/C28H28FN9O/c29-23-19(17-11-18(13-30-12-17)34-28(39)16-6-7-16)14-33-26-22(23)24(36-37-26)20-15-32-25-21(38-9-2-1-3-10-38)5-4-8-31-27(25)35-20/h4-5,8,11-16,31-32,35H,1-3,6-7,9-10H2,(H,34,39)(H,33,36,37). The fraction of sp³-hybridized carbons (Fsp3) is 0.286. The Labute approximate surface area is 222 Å². The molecule has 0 bridgehead atoms. The van der Waals surface area contributed by atoms with Gasteiger partial charge in [-0.25, -0.2) is 9.37 Å². The molecule has 0 aromatic carbocycles. The van der Waals surface area contributed by atoms with Gasteiger partial charge in [-0.15, -0.1) is 0 Å². The molecule has 0 unspecified atom stereocenters. The average molecular weight is 526 g/mol. The number of fused-ring (bicyclic) bond motifs is 1. The van der Waals surface area contributed by atoms with E-state index in [1.165, 1.54) is 25.5 Å². The van der Waals surface area contributed by atoms with Gasteiger partial charge in [0.05, 0.1) is 34.3 Å². The van der Waals surface area contributed by atoms with Crippen LogP contribution >= 0.6 is 0 Å². The third kappa shape index (κ3) is 4.39. The predicted molar refractivity (Wildman–Crippen MR) is 146 cm³/mol. The number of piperidine rings is 1. The summed E-state index contributed by atoms with van der Waals surface area (Å²) in [4.78, 5) is 33.4. The van der Waals surface area contributed by atoms with Gasteiger partial charge in [0.15, 0.2) is 5.65 Å². The number of nitrogens with one attached hydrogen (secondary N) is 5. The summed E-state index contributed by atoms with van der Waals surface area (Å²) in [5.41, 5.74) is 4.56. The number of aromatic nitrogens is 7. The van der Waals surface area contributed by atoms with Gasteiger partial charge in [0.25, 0.3) is 0 Å². The first-order chi connectivity index (χ1) is 19.2. The van der Waals surface area contributed by atoms with Gasteiger partial charge in [-0.05, 0) is 50.3 Å². The molecule has 1 saturated heterocycles. The lowest BCUT2D eigenvalue weighted by molar-refractivity contribution is -0.117. The number of hydrogen-bond donors (Lipinski definition) is 5. The maximum atomic E-state index is 16.1. The van der Waals surface area contributed by atoms with Gasteiger partial charge in [0.1, 0.15) is 16.6 Å². The van der Waals surface area contributed by atoms with Crippen molar-refractivity contribution in [3.05, 3.63) is 65.8 Å². The summed E-state index contributed by atoms with van der Waals surface area (Å²) in [5, 5.41) is 11.3. The van der Waals surface area contributed by atoms with Crippen LogP contribution in [-0.4, -0.2) is 54.1 Å². The number of hydrogen-bond acceptors (Lipinski definition) is 5. The van der Waals surface area contributed by atoms with E-state index in [1.54, 1.807) is 18.5 Å². The SMILES string of the molecule is O=C(Nc1cncc(-c2cnc3n[nH]c(-c4c[nH]c5c(N6CCCCC6)ccc[nH]c=5[nH]4)c3c2F)c1)C1CC1. The molecule has 39 heavy (non-hydrogen) atoms. The van der Waals surface area contributed by atoms with Crippen LogP contribution in [0.2, 0.25) is 0 Å². The lowest BCUT2D eigenvalue weighted by Crippen LogP contribution is -2.29. The topological polar surface area (TPSA) is 134 Å². The van der Waals surface area contributed by atoms with Gasteiger partial charge in [0, 0.05) is 54.9 Å². The highest BCUT2D eigenvalue weighted by Gasteiger charge is 2.29. The molecule has 198 valence electrons. The van der Waals surface area contributed by atoms with Gasteiger partial charge in [0.2, 0.25) is 5.91 Å². The van der Waals surface area contributed by atoms with Gasteiger partial charge in [-0.3, -0.25) is 14.9 Å². The predicted octanol–water partition coefficient (Wildman–Crippen LogP) is 5.00. The number of amides is 1. The highest BCUT2D eigenvalue weighted by Crippen LogP contribution is 2.34. The normalized spacial score (nSPS) is 15.6. The number of halogens is 1. The van der Waals surface area contributed by atoms with E-state index in [9.17, 15) is 4.79 Å². The van der Waals surface area contributed by atoms with E-state index < -0.39 is 5.82 Å². The number of rotatable bonds is 5. The minimum Gasteiger partial charge on any atom is -0.370 e. The van der Waals surface area contributed by atoms with Crippen LogP contribution in [0.5, 0.6) is 0 Å². The quantitative estimate of drug-likeness (QED) is 0.220. The molecule has 7 rings (SSSR count). The van der Waals surface area contributed by atoms with Crippen LogP contribution in [-0.2, 0) is 4.79 Å². The van der Waals surface area contributed by atoms with Gasteiger partial charge in [-0.2, -0.15) is 5.10 Å². The van der Waals surface area contributed by atoms with Crippen LogP contribution < -0.4 is 10.2 Å². The van der Waals surface area contributed by atoms with E-state index in [4.69, 9.17) is 0 Å². The number of pyridine rings is 2. The molecule has 3 aromatic rings. The molecule has 11 heteroatoms. The van der Waals surface area contributed by atoms with Crippen molar-refractivity contribution in [2.75, 3.05) is 23.3 Å². The van der Waals surface area contributed by atoms with Crippen LogP contribution in [0.25, 0.3) is 33.5 Å². The number of carbonyl (C=O) groups is 1. The van der Waals surface area contributed by atoms with Crippen molar-refractivity contribution in [3.63, 3.8) is 0 Å². The summed E-state index contributed by atoms with van der Waals surface area (Å²) in [6.07, 6.45) is 13.7. The Bertz CT molecular complexity index is 1790. The zero-order chi connectivity index (χ0) is 26.3. The van der Waals surface area contributed by atoms with E-state index in [2.05, 4.69) is 51.4 Å². The first-order valence-corrected chi connectivity index (χ1v) is 13.3. The third-order valence-corrected chi connectivity index (χ3v) is 7.45. The van der Waals surface area contributed by atoms with E-state index in [0.717, 1.165) is 42.4 Å². The summed E-state index contributed by atoms with van der Waals surface area (Å²) in [6, 6.07) is 5.80. The smallest absolute Gasteiger partial charge is 0.227 e. The minimum atomic E-state index is -0.471. The molecule has 3 aromatic heterocycles. The summed E-state index contributed by atoms with van der Waals surface area (Å²) in [7, 11) is 0. The lowest BCUT2D eigenvalue weighted by Gasteiger charge is -2.28. The van der Waals surface area contributed by atoms with Crippen LogP contribution in [0.4, 0.5) is 15.8 Å². The molecule has 6 heterocycles. The second-order valence-corrected chi connectivity index (χ2v) is 10.2. The fourth-order valence-corrected chi connectivity index (χ4v) is 5.24. The number of H-pyrrole nitrogens is 4. The summed E-state index contributed by atoms with van der Waals surface area (Å²) in [5.74, 6) is -0.444. The van der Waals surface area contributed by atoms with Crippen molar-refractivity contribution in [3.8, 4) is 22.5 Å². The molecule has 10 nitrogen and oxygen atoms in total. The van der Waals surface area contributed by atoms with Gasteiger partial charge < -0.3 is 25.2 Å². The first-order valence-electron chi connectivity index (χ1n) is 13.3. The molecular formula is C28H28FN9O. The van der Waals surface area contributed by atoms with Gasteiger partial charge >= 0.3 is 0 Å². The van der Waals surface area contributed by atoms with E-state index in [0.29, 0.717) is 22.6 Å². The fourth-order valence-electron chi connectivity index (χ4n) is 5.24. The second-order valence-electron chi connectivity index (χ2n) is 10.2. The molecular weight excluding hydrogens is 497 g/mol. The first kappa shape index (κ1) is 23.4. The minimum absolute atomic E-state index is 0.0307. The Hall–Kier alpha value is -4.67. The van der Waals surface area contributed by atoms with E-state index >= 15 is 4.39 Å². The number of carbonyl (C=O) groups excluding carboxylic acids is 1. The molecule has 3 aliphatic heterocycles. The zero-order valence-corrected chi connectivity index (χ0v) is 21.2. The van der Waals surface area contributed by atoms with Crippen molar-refractivity contribution >= 4 is 28.3 Å². The maximum absolute atomic E-state index is 16.1. The molecule has 0 spiro atoms. The van der Waals surface area contributed by atoms with Crippen LogP contribution in [0.3, 0.4) is 0 Å². The molecule has 1 amide bonds. The van der Waals surface area contributed by atoms with Crippen LogP contribution in [0.15, 0.2) is 49.2 Å². The second kappa shape index (κ2) is 9.57. The Morgan fingerprint density at radius 1 is 1.10 bits per heavy atom. The Kier molecular flexibility index (Phi) is 5.75. The molecule has 5 N–H and O–H groups in total. The van der Waals surface area contributed by atoms with Crippen molar-refractivity contribution in [1.82, 2.24) is 35.1 Å². The summed E-state index contributed by atoms with van der Waals surface area (Å²) >= 11 is 0. The molecule has 0 atom stereocenters. The summed E-state index contributed by atoms with van der Waals surface area (Å²) < 4.78 is 16.1. The Morgan fingerprint density at radius 2 is 1.97 bits per heavy atom. The number of anilines is 2. The van der Waals surface area contributed by atoms with Crippen molar-refractivity contribution < 1.29 is 9.18 Å². The molecule has 1 aliphatic carbocycles. The summed E-state index contributed by atoms with van der Waals surface area (Å²) in [6.45, 7) is 2.03. The van der Waals surface area contributed by atoms with Crippen molar-refractivity contribution in [2.45, 2.75) is 32.1 Å². The van der Waals surface area contributed by atoms with E-state index in [-0.39, 0.29) is 28.4 Å². The van der Waals surface area contributed by atoms with Crippen LogP contribution in [0.1, 0.15) is 32.1 Å². The Balaban J connectivity index is 1.30. The van der Waals surface area contributed by atoms with E-state index in [1.807, 2.05) is 18.5 Å². The monoisotopic (exact) mass is 525 g/mol. The Morgan fingerprint density at radius 3 is 2.82 bits per heavy atom. The molecule has 0 radical (unpaired) electrons. The van der Waals surface area contributed by atoms with Crippen LogP contribution in [0, 0.1) is 22.6 Å². The zero-order valence-electron chi connectivity index (χ0n) is 21.2. The molecule has 2 fully saturated rings. The largest absolute Gasteiger partial charge is 0.370 e. The maximum Gasteiger partial charge on any atom is 0.227 e. The highest BCUT2D eigenvalue weighted by atomic mass is 19.1. The average Bonchev–Trinajstić information content (AvgIpc) is 3.76. The third-order valence-electron chi connectivity index (χ3n) is 7.45. The highest BCUT2D eigenvalue weighted by molar-refractivity contribution is 5.95. The lowest BCUT2D eigenvalue weighted by atomic mass is 10.1. The van der Waals surface area contributed by atoms with Crippen molar-refractivity contribution in [1.29, 1.82) is 0 Å².